The van der Waals surface area contributed by atoms with Crippen LogP contribution in [-0.2, 0) is 19.6 Å². The van der Waals surface area contributed by atoms with E-state index in [1.54, 1.807) is 6.20 Å². The van der Waals surface area contributed by atoms with Crippen LogP contribution >= 0.6 is 0 Å². The van der Waals surface area contributed by atoms with E-state index in [2.05, 4.69) is 37.0 Å². The van der Waals surface area contributed by atoms with Crippen LogP contribution in [0.1, 0.15) is 11.6 Å². The number of hydrogen-bond donors (Lipinski definition) is 0. The summed E-state index contributed by atoms with van der Waals surface area (Å²) < 4.78 is 7.36. The summed E-state index contributed by atoms with van der Waals surface area (Å²) >= 11 is 0. The van der Waals surface area contributed by atoms with Crippen molar-refractivity contribution in [1.82, 2.24) is 24.8 Å². The largest absolute Gasteiger partial charge is 0.360 e. The molecule has 4 rings (SSSR count). The smallest absolute Gasteiger partial charge is 0.164 e. The maximum Gasteiger partial charge on any atom is 0.164 e. The first-order valence-corrected chi connectivity index (χ1v) is 6.99. The van der Waals surface area contributed by atoms with Gasteiger partial charge in [0.1, 0.15) is 5.82 Å². The predicted octanol–water partition coefficient (Wildman–Crippen LogP) is 1.95. The number of hydrogen-bond acceptors (Lipinski definition) is 5. The molecule has 0 saturated carbocycles. The molecule has 0 spiro atoms. The maximum absolute atomic E-state index is 5.16. The van der Waals surface area contributed by atoms with Crippen LogP contribution in [0, 0.1) is 0 Å². The molecule has 0 atom stereocenters. The third-order valence-corrected chi connectivity index (χ3v) is 3.73. The Morgan fingerprint density at radius 1 is 1.05 bits per heavy atom. The van der Waals surface area contributed by atoms with Crippen molar-refractivity contribution in [3.8, 4) is 11.4 Å². The molecule has 0 fully saturated rings. The Kier molecular flexibility index (Phi) is 3.01. The van der Waals surface area contributed by atoms with E-state index in [4.69, 9.17) is 4.52 Å². The van der Waals surface area contributed by atoms with Crippen LogP contribution in [0.3, 0.4) is 0 Å². The lowest BCUT2D eigenvalue weighted by atomic mass is 10.2. The highest BCUT2D eigenvalue weighted by Crippen LogP contribution is 2.22. The van der Waals surface area contributed by atoms with Gasteiger partial charge in [0, 0.05) is 24.7 Å². The molecule has 0 amide bonds. The van der Waals surface area contributed by atoms with Crippen molar-refractivity contribution < 1.29 is 4.52 Å². The molecule has 0 aliphatic carbocycles. The van der Waals surface area contributed by atoms with Gasteiger partial charge in [-0.1, -0.05) is 35.5 Å². The first-order chi connectivity index (χ1) is 10.4. The fourth-order valence-corrected chi connectivity index (χ4v) is 2.69. The summed E-state index contributed by atoms with van der Waals surface area (Å²) in [5.41, 5.74) is 1.11. The van der Waals surface area contributed by atoms with Crippen molar-refractivity contribution in [2.45, 2.75) is 19.6 Å². The van der Waals surface area contributed by atoms with Gasteiger partial charge in [-0.25, -0.2) is 0 Å². The highest BCUT2D eigenvalue weighted by atomic mass is 16.5. The van der Waals surface area contributed by atoms with Gasteiger partial charge in [0.15, 0.2) is 11.6 Å². The zero-order valence-electron chi connectivity index (χ0n) is 11.5. The lowest BCUT2D eigenvalue weighted by Crippen LogP contribution is -2.33. The van der Waals surface area contributed by atoms with Crippen LogP contribution in [0.2, 0.25) is 0 Å². The van der Waals surface area contributed by atoms with E-state index in [1.807, 2.05) is 24.3 Å². The van der Waals surface area contributed by atoms with Gasteiger partial charge >= 0.3 is 0 Å². The summed E-state index contributed by atoms with van der Waals surface area (Å²) in [6, 6.07) is 12.1. The third-order valence-electron chi connectivity index (χ3n) is 3.73. The molecule has 3 heterocycles. The molecule has 0 N–H and O–H groups in total. The molecular weight excluding hydrogens is 266 g/mol. The minimum atomic E-state index is 0.757. The van der Waals surface area contributed by atoms with E-state index in [9.17, 15) is 0 Å². The van der Waals surface area contributed by atoms with E-state index in [-0.39, 0.29) is 0 Å². The van der Waals surface area contributed by atoms with Crippen molar-refractivity contribution >= 4 is 0 Å². The van der Waals surface area contributed by atoms with E-state index in [0.717, 1.165) is 49.2 Å². The van der Waals surface area contributed by atoms with Gasteiger partial charge < -0.3 is 9.09 Å². The minimum Gasteiger partial charge on any atom is -0.360 e. The Labute approximate surface area is 122 Å². The summed E-state index contributed by atoms with van der Waals surface area (Å²) in [6.45, 7) is 3.38. The average Bonchev–Trinajstić information content (AvgIpc) is 3.17. The van der Waals surface area contributed by atoms with Gasteiger partial charge in [-0.15, -0.1) is 10.2 Å². The molecule has 0 unspecified atom stereocenters. The first-order valence-electron chi connectivity index (χ1n) is 6.99. The fraction of sp³-hybridized carbons (Fsp3) is 0.267. The van der Waals surface area contributed by atoms with E-state index >= 15 is 0 Å². The summed E-state index contributed by atoms with van der Waals surface area (Å²) in [5.74, 6) is 2.83. The van der Waals surface area contributed by atoms with Gasteiger partial charge in [-0.3, -0.25) is 4.90 Å². The van der Waals surface area contributed by atoms with Gasteiger partial charge in [-0.2, -0.15) is 0 Å². The maximum atomic E-state index is 5.16. The van der Waals surface area contributed by atoms with Crippen molar-refractivity contribution in [2.75, 3.05) is 6.54 Å². The van der Waals surface area contributed by atoms with Crippen molar-refractivity contribution in [1.29, 1.82) is 0 Å². The Morgan fingerprint density at radius 3 is 2.76 bits per heavy atom. The summed E-state index contributed by atoms with van der Waals surface area (Å²) in [6.07, 6.45) is 1.68. The van der Waals surface area contributed by atoms with Crippen molar-refractivity contribution in [2.24, 2.45) is 0 Å². The van der Waals surface area contributed by atoms with Crippen LogP contribution in [0.4, 0.5) is 0 Å². The van der Waals surface area contributed by atoms with Gasteiger partial charge in [-0.05, 0) is 0 Å². The zero-order valence-corrected chi connectivity index (χ0v) is 11.5. The highest BCUT2D eigenvalue weighted by molar-refractivity contribution is 5.55. The minimum absolute atomic E-state index is 0.757. The monoisotopic (exact) mass is 281 g/mol. The van der Waals surface area contributed by atoms with Gasteiger partial charge in [0.05, 0.1) is 19.3 Å². The molecule has 1 aromatic carbocycles. The normalized spacial score (nSPS) is 15.0. The van der Waals surface area contributed by atoms with Crippen LogP contribution in [0.15, 0.2) is 47.1 Å². The molecule has 0 saturated heterocycles. The number of aromatic nitrogens is 4. The van der Waals surface area contributed by atoms with E-state index in [0.29, 0.717) is 0 Å². The number of fused-ring (bicyclic) bond motifs is 1. The molecule has 0 radical (unpaired) electrons. The molecule has 2 aromatic heterocycles. The van der Waals surface area contributed by atoms with Gasteiger partial charge in [0.25, 0.3) is 0 Å². The molecule has 3 aromatic rings. The Bertz CT molecular complexity index is 720. The van der Waals surface area contributed by atoms with Crippen molar-refractivity contribution in [3.05, 3.63) is 54.2 Å². The first kappa shape index (κ1) is 12.3. The zero-order chi connectivity index (χ0) is 14.1. The van der Waals surface area contributed by atoms with Gasteiger partial charge in [0.2, 0.25) is 0 Å². The van der Waals surface area contributed by atoms with E-state index < -0.39 is 0 Å². The summed E-state index contributed by atoms with van der Waals surface area (Å²) in [5, 5.41) is 12.4. The summed E-state index contributed by atoms with van der Waals surface area (Å²) in [7, 11) is 0. The molecule has 106 valence electrons. The predicted molar refractivity (Wildman–Crippen MR) is 76.1 cm³/mol. The molecule has 0 bridgehead atoms. The van der Waals surface area contributed by atoms with Crippen molar-refractivity contribution in [3.63, 3.8) is 0 Å². The van der Waals surface area contributed by atoms with Crippen LogP contribution in [0.25, 0.3) is 11.4 Å². The number of benzene rings is 1. The second-order valence-electron chi connectivity index (χ2n) is 5.15. The molecule has 21 heavy (non-hydrogen) atoms. The summed E-state index contributed by atoms with van der Waals surface area (Å²) in [4.78, 5) is 2.29. The molecule has 6 nitrogen and oxygen atoms in total. The van der Waals surface area contributed by atoms with Crippen LogP contribution in [0.5, 0.6) is 0 Å². The second kappa shape index (κ2) is 5.14. The standard InChI is InChI=1S/C15H15N5O/c1-2-4-12(5-3-1)15-18-17-14-11-19(8-9-20(14)15)10-13-6-7-16-21-13/h1-7H,8-11H2. The molecule has 1 aliphatic rings. The number of nitrogens with zero attached hydrogens (tertiary/aromatic N) is 5. The lowest BCUT2D eigenvalue weighted by Gasteiger charge is -2.26. The quantitative estimate of drug-likeness (QED) is 0.734. The van der Waals surface area contributed by atoms with Crippen LogP contribution < -0.4 is 0 Å². The fourth-order valence-electron chi connectivity index (χ4n) is 2.69. The SMILES string of the molecule is c1ccc(-c2nnc3n2CCN(Cc2ccno2)C3)cc1. The van der Waals surface area contributed by atoms with Crippen LogP contribution in [-0.4, -0.2) is 31.4 Å². The Morgan fingerprint density at radius 2 is 1.95 bits per heavy atom. The molecular formula is C15H15N5O. The Balaban J connectivity index is 1.56. The molecule has 6 heteroatoms. The van der Waals surface area contributed by atoms with E-state index in [1.165, 1.54) is 0 Å². The second-order valence-corrected chi connectivity index (χ2v) is 5.15. The highest BCUT2D eigenvalue weighted by Gasteiger charge is 2.22. The Hall–Kier alpha value is -2.47. The third kappa shape index (κ3) is 2.34. The lowest BCUT2D eigenvalue weighted by molar-refractivity contribution is 0.187. The molecule has 1 aliphatic heterocycles. The average molecular weight is 281 g/mol. The topological polar surface area (TPSA) is 60.0 Å². The number of rotatable bonds is 3.